The SMILES string of the molecule is Clc1ccc(CCNCc2ccccc2OCc2ccc(Cl)c(Cl)c2)cc1. The van der Waals surface area contributed by atoms with Crippen LogP contribution in [-0.2, 0) is 19.6 Å². The van der Waals surface area contributed by atoms with Gasteiger partial charge in [-0.15, -0.1) is 0 Å². The van der Waals surface area contributed by atoms with Crippen LogP contribution in [0.5, 0.6) is 5.75 Å². The van der Waals surface area contributed by atoms with E-state index in [-0.39, 0.29) is 0 Å². The van der Waals surface area contributed by atoms with Crippen molar-refractivity contribution in [3.63, 3.8) is 0 Å². The maximum Gasteiger partial charge on any atom is 0.124 e. The molecule has 0 aliphatic rings. The molecule has 3 aromatic carbocycles. The molecule has 0 aromatic heterocycles. The molecule has 0 atom stereocenters. The smallest absolute Gasteiger partial charge is 0.124 e. The molecular weight excluding hydrogens is 401 g/mol. The summed E-state index contributed by atoms with van der Waals surface area (Å²) in [7, 11) is 0. The van der Waals surface area contributed by atoms with Crippen LogP contribution < -0.4 is 10.1 Å². The Labute approximate surface area is 175 Å². The van der Waals surface area contributed by atoms with Crippen LogP contribution in [0.3, 0.4) is 0 Å². The highest BCUT2D eigenvalue weighted by molar-refractivity contribution is 6.42. The second kappa shape index (κ2) is 10.0. The van der Waals surface area contributed by atoms with E-state index >= 15 is 0 Å². The average molecular weight is 421 g/mol. The molecule has 1 N–H and O–H groups in total. The molecule has 3 aromatic rings. The van der Waals surface area contributed by atoms with Gasteiger partial charge in [-0.2, -0.15) is 0 Å². The predicted octanol–water partition coefficient (Wildman–Crippen LogP) is 6.56. The molecule has 0 heterocycles. The normalized spacial score (nSPS) is 10.8. The summed E-state index contributed by atoms with van der Waals surface area (Å²) in [6.45, 7) is 2.06. The first kappa shape index (κ1) is 20.0. The van der Waals surface area contributed by atoms with Crippen molar-refractivity contribution >= 4 is 34.8 Å². The van der Waals surface area contributed by atoms with E-state index in [1.165, 1.54) is 5.56 Å². The van der Waals surface area contributed by atoms with E-state index in [0.29, 0.717) is 16.7 Å². The van der Waals surface area contributed by atoms with Gasteiger partial charge in [-0.3, -0.25) is 0 Å². The Morgan fingerprint density at radius 1 is 0.778 bits per heavy atom. The van der Waals surface area contributed by atoms with Gasteiger partial charge in [0, 0.05) is 17.1 Å². The highest BCUT2D eigenvalue weighted by Crippen LogP contribution is 2.24. The summed E-state index contributed by atoms with van der Waals surface area (Å²) in [6, 6.07) is 21.5. The van der Waals surface area contributed by atoms with Crippen LogP contribution in [0, 0.1) is 0 Å². The van der Waals surface area contributed by atoms with Gasteiger partial charge in [-0.1, -0.05) is 71.2 Å². The van der Waals surface area contributed by atoms with Gasteiger partial charge in [0.1, 0.15) is 12.4 Å². The van der Waals surface area contributed by atoms with Crippen molar-refractivity contribution in [2.24, 2.45) is 0 Å². The fraction of sp³-hybridized carbons (Fsp3) is 0.182. The van der Waals surface area contributed by atoms with Gasteiger partial charge in [-0.25, -0.2) is 0 Å². The Bertz CT molecular complexity index is 881. The van der Waals surface area contributed by atoms with E-state index in [0.717, 1.165) is 41.4 Å². The van der Waals surface area contributed by atoms with E-state index in [4.69, 9.17) is 39.5 Å². The van der Waals surface area contributed by atoms with Gasteiger partial charge in [-0.05, 0) is 54.4 Å². The van der Waals surface area contributed by atoms with Crippen molar-refractivity contribution in [2.75, 3.05) is 6.54 Å². The molecule has 0 spiro atoms. The molecule has 140 valence electrons. The predicted molar refractivity (Wildman–Crippen MR) is 114 cm³/mol. The Morgan fingerprint density at radius 3 is 2.30 bits per heavy atom. The zero-order chi connectivity index (χ0) is 19.1. The minimum absolute atomic E-state index is 0.443. The number of ether oxygens (including phenoxy) is 1. The van der Waals surface area contributed by atoms with Crippen LogP contribution in [0.4, 0.5) is 0 Å². The van der Waals surface area contributed by atoms with Gasteiger partial charge in [0.15, 0.2) is 0 Å². The average Bonchev–Trinajstić information content (AvgIpc) is 2.68. The molecule has 0 aliphatic carbocycles. The van der Waals surface area contributed by atoms with Gasteiger partial charge in [0.05, 0.1) is 10.0 Å². The van der Waals surface area contributed by atoms with Gasteiger partial charge in [0.25, 0.3) is 0 Å². The van der Waals surface area contributed by atoms with Crippen molar-refractivity contribution in [3.8, 4) is 5.75 Å². The maximum atomic E-state index is 6.07. The summed E-state index contributed by atoms with van der Waals surface area (Å²) in [5.74, 6) is 0.863. The molecule has 5 heteroatoms. The van der Waals surface area contributed by atoms with Crippen molar-refractivity contribution < 1.29 is 4.74 Å². The largest absolute Gasteiger partial charge is 0.489 e. The summed E-state index contributed by atoms with van der Waals surface area (Å²) < 4.78 is 5.99. The van der Waals surface area contributed by atoms with E-state index in [1.807, 2.05) is 42.5 Å². The minimum Gasteiger partial charge on any atom is -0.489 e. The zero-order valence-corrected chi connectivity index (χ0v) is 17.0. The van der Waals surface area contributed by atoms with Crippen LogP contribution >= 0.6 is 34.8 Å². The van der Waals surface area contributed by atoms with E-state index in [2.05, 4.69) is 23.5 Å². The van der Waals surface area contributed by atoms with Crippen molar-refractivity contribution in [2.45, 2.75) is 19.6 Å². The zero-order valence-electron chi connectivity index (χ0n) is 14.7. The monoisotopic (exact) mass is 419 g/mol. The summed E-state index contributed by atoms with van der Waals surface area (Å²) in [4.78, 5) is 0. The quantitative estimate of drug-likeness (QED) is 0.417. The van der Waals surface area contributed by atoms with E-state index in [1.54, 1.807) is 6.07 Å². The number of nitrogens with one attached hydrogen (secondary N) is 1. The molecule has 2 nitrogen and oxygen atoms in total. The van der Waals surface area contributed by atoms with Crippen LogP contribution in [0.25, 0.3) is 0 Å². The Morgan fingerprint density at radius 2 is 1.52 bits per heavy atom. The lowest BCUT2D eigenvalue weighted by Crippen LogP contribution is -2.17. The third-order valence-corrected chi connectivity index (χ3v) is 5.16. The number of hydrogen-bond donors (Lipinski definition) is 1. The van der Waals surface area contributed by atoms with Crippen molar-refractivity contribution in [1.82, 2.24) is 5.32 Å². The molecule has 0 unspecified atom stereocenters. The molecule has 0 amide bonds. The van der Waals surface area contributed by atoms with Crippen LogP contribution in [0.2, 0.25) is 15.1 Å². The van der Waals surface area contributed by atoms with Crippen LogP contribution in [-0.4, -0.2) is 6.54 Å². The van der Waals surface area contributed by atoms with Gasteiger partial charge < -0.3 is 10.1 Å². The van der Waals surface area contributed by atoms with E-state index in [9.17, 15) is 0 Å². The third kappa shape index (κ3) is 6.15. The highest BCUT2D eigenvalue weighted by atomic mass is 35.5. The first-order valence-corrected chi connectivity index (χ1v) is 9.85. The molecule has 0 radical (unpaired) electrons. The number of hydrogen-bond acceptors (Lipinski definition) is 2. The lowest BCUT2D eigenvalue weighted by atomic mass is 10.1. The van der Waals surface area contributed by atoms with Crippen molar-refractivity contribution in [3.05, 3.63) is 98.5 Å². The summed E-state index contributed by atoms with van der Waals surface area (Å²) in [5.41, 5.74) is 3.36. The van der Waals surface area contributed by atoms with Crippen LogP contribution in [0.15, 0.2) is 66.7 Å². The molecule has 0 saturated carbocycles. The molecule has 3 rings (SSSR count). The second-order valence-corrected chi connectivity index (χ2v) is 7.45. The molecule has 0 bridgehead atoms. The van der Waals surface area contributed by atoms with Gasteiger partial charge in [0.2, 0.25) is 0 Å². The molecule has 0 fully saturated rings. The summed E-state index contributed by atoms with van der Waals surface area (Å²) in [5, 5.41) is 5.32. The molecular formula is C22H20Cl3NO. The Balaban J connectivity index is 1.52. The Kier molecular flexibility index (Phi) is 7.42. The maximum absolute atomic E-state index is 6.07. The molecule has 0 aliphatic heterocycles. The molecule has 27 heavy (non-hydrogen) atoms. The summed E-state index contributed by atoms with van der Waals surface area (Å²) in [6.07, 6.45) is 0.948. The number of para-hydroxylation sites is 1. The number of halogens is 3. The minimum atomic E-state index is 0.443. The van der Waals surface area contributed by atoms with Crippen LogP contribution in [0.1, 0.15) is 16.7 Å². The topological polar surface area (TPSA) is 21.3 Å². The fourth-order valence-electron chi connectivity index (χ4n) is 2.69. The van der Waals surface area contributed by atoms with E-state index < -0.39 is 0 Å². The fourth-order valence-corrected chi connectivity index (χ4v) is 3.13. The first-order valence-electron chi connectivity index (χ1n) is 8.71. The number of rotatable bonds is 8. The highest BCUT2D eigenvalue weighted by Gasteiger charge is 2.05. The first-order chi connectivity index (χ1) is 13.1. The molecule has 0 saturated heterocycles. The van der Waals surface area contributed by atoms with Gasteiger partial charge >= 0.3 is 0 Å². The number of benzene rings is 3. The second-order valence-electron chi connectivity index (χ2n) is 6.20. The van der Waals surface area contributed by atoms with Crippen molar-refractivity contribution in [1.29, 1.82) is 0 Å². The standard InChI is InChI=1S/C22H20Cl3NO/c23-19-8-5-16(6-9-19)11-12-26-14-18-3-1-2-4-22(18)27-15-17-7-10-20(24)21(25)13-17/h1-10,13,26H,11-12,14-15H2. The lowest BCUT2D eigenvalue weighted by Gasteiger charge is -2.13. The third-order valence-electron chi connectivity index (χ3n) is 4.17. The summed E-state index contributed by atoms with van der Waals surface area (Å²) >= 11 is 17.9. The Hall–Kier alpha value is -1.71. The lowest BCUT2D eigenvalue weighted by molar-refractivity contribution is 0.302.